The molecule has 0 radical (unpaired) electrons. The van der Waals surface area contributed by atoms with Gasteiger partial charge in [0.25, 0.3) is 5.89 Å². The SMILES string of the molecule is Cc1cc(-c2nnc(N[C@H]3CCC[C@@H](O)C3)o2)nc2c(OC(F)(F)F)cc(NCC(F)(F)F)cc12. The number of aryl methyl sites for hydroxylation is 1. The standard InChI is InChI=1S/C21H21F6N5O3/c1-10-5-15(18-31-32-19(34-18)29-11-3-2-4-13(33)6-11)30-17-14(10)7-12(28-9-20(22,23)24)8-16(17)35-21(25,26)27/h5,7-8,11,13,28,33H,2-4,6,9H2,1H3,(H,29,32)/t11-,13+/m0/s1. The lowest BCUT2D eigenvalue weighted by Gasteiger charge is -2.25. The number of nitrogens with one attached hydrogen (secondary N) is 2. The third-order valence-electron chi connectivity index (χ3n) is 5.42. The predicted molar refractivity (Wildman–Crippen MR) is 113 cm³/mol. The maximum Gasteiger partial charge on any atom is 0.573 e. The van der Waals surface area contributed by atoms with E-state index in [0.717, 1.165) is 18.9 Å². The van der Waals surface area contributed by atoms with Crippen molar-refractivity contribution < 1.29 is 40.6 Å². The van der Waals surface area contributed by atoms with E-state index >= 15 is 0 Å². The molecule has 4 rings (SSSR count). The van der Waals surface area contributed by atoms with Gasteiger partial charge in [0.05, 0.1) is 6.10 Å². The molecule has 3 N–H and O–H groups in total. The number of halogens is 6. The largest absolute Gasteiger partial charge is 0.573 e. The second kappa shape index (κ2) is 9.40. The average Bonchev–Trinajstić information content (AvgIpc) is 3.19. The third-order valence-corrected chi connectivity index (χ3v) is 5.42. The van der Waals surface area contributed by atoms with Crippen molar-refractivity contribution in [3.05, 3.63) is 23.8 Å². The fourth-order valence-corrected chi connectivity index (χ4v) is 3.93. The van der Waals surface area contributed by atoms with Crippen molar-refractivity contribution >= 4 is 22.6 Å². The number of anilines is 2. The fourth-order valence-electron chi connectivity index (χ4n) is 3.93. The maximum absolute atomic E-state index is 13.0. The smallest absolute Gasteiger partial charge is 0.403 e. The van der Waals surface area contributed by atoms with Gasteiger partial charge in [-0.25, -0.2) is 4.98 Å². The van der Waals surface area contributed by atoms with Crippen LogP contribution in [0.25, 0.3) is 22.5 Å². The third kappa shape index (κ3) is 6.44. The lowest BCUT2D eigenvalue weighted by atomic mass is 9.93. The predicted octanol–water partition coefficient (Wildman–Crippen LogP) is 5.18. The van der Waals surface area contributed by atoms with Gasteiger partial charge in [-0.1, -0.05) is 5.10 Å². The van der Waals surface area contributed by atoms with E-state index in [1.54, 1.807) is 6.92 Å². The van der Waals surface area contributed by atoms with Gasteiger partial charge in [-0.2, -0.15) is 13.2 Å². The number of hydrogen-bond acceptors (Lipinski definition) is 8. The summed E-state index contributed by atoms with van der Waals surface area (Å²) in [6.07, 6.45) is -7.27. The summed E-state index contributed by atoms with van der Waals surface area (Å²) in [5.41, 5.74) is 0.00159. The van der Waals surface area contributed by atoms with Crippen molar-refractivity contribution in [2.24, 2.45) is 0 Å². The van der Waals surface area contributed by atoms with E-state index < -0.39 is 30.9 Å². The molecule has 0 unspecified atom stereocenters. The van der Waals surface area contributed by atoms with Crippen LogP contribution in [-0.2, 0) is 0 Å². The molecular formula is C21H21F6N5O3. The summed E-state index contributed by atoms with van der Waals surface area (Å²) in [4.78, 5) is 4.17. The molecule has 2 atom stereocenters. The van der Waals surface area contributed by atoms with E-state index in [1.807, 2.05) is 0 Å². The lowest BCUT2D eigenvalue weighted by Crippen LogP contribution is -2.29. The number of aromatic nitrogens is 3. The summed E-state index contributed by atoms with van der Waals surface area (Å²) in [6, 6.07) is 3.51. The molecule has 2 aromatic heterocycles. The Morgan fingerprint density at radius 3 is 2.57 bits per heavy atom. The molecule has 0 bridgehead atoms. The van der Waals surface area contributed by atoms with E-state index in [4.69, 9.17) is 4.42 Å². The molecule has 3 aromatic rings. The Bertz CT molecular complexity index is 1200. The van der Waals surface area contributed by atoms with Crippen molar-refractivity contribution in [2.45, 2.75) is 57.3 Å². The van der Waals surface area contributed by atoms with E-state index in [0.29, 0.717) is 18.4 Å². The molecule has 0 saturated heterocycles. The molecule has 1 aliphatic rings. The number of pyridine rings is 1. The first-order valence-corrected chi connectivity index (χ1v) is 10.7. The zero-order valence-electron chi connectivity index (χ0n) is 18.3. The van der Waals surface area contributed by atoms with Crippen LogP contribution in [0.2, 0.25) is 0 Å². The molecule has 14 heteroatoms. The fraction of sp³-hybridized carbons (Fsp3) is 0.476. The summed E-state index contributed by atoms with van der Waals surface area (Å²) < 4.78 is 86.5. The second-order valence-electron chi connectivity index (χ2n) is 8.29. The summed E-state index contributed by atoms with van der Waals surface area (Å²) >= 11 is 0. The first kappa shape index (κ1) is 24.8. The maximum atomic E-state index is 13.0. The first-order valence-electron chi connectivity index (χ1n) is 10.7. The topological polar surface area (TPSA) is 105 Å². The number of nitrogens with zero attached hydrogens (tertiary/aromatic N) is 3. The average molecular weight is 505 g/mol. The van der Waals surface area contributed by atoms with Gasteiger partial charge >= 0.3 is 18.6 Å². The molecule has 0 aliphatic heterocycles. The van der Waals surface area contributed by atoms with E-state index in [9.17, 15) is 31.4 Å². The minimum absolute atomic E-state index is 0.0576. The molecular weight excluding hydrogens is 484 g/mol. The normalized spacial score (nSPS) is 19.1. The molecule has 1 aromatic carbocycles. The van der Waals surface area contributed by atoms with Crippen molar-refractivity contribution in [1.29, 1.82) is 0 Å². The van der Waals surface area contributed by atoms with Crippen molar-refractivity contribution in [3.63, 3.8) is 0 Å². The molecule has 190 valence electrons. The van der Waals surface area contributed by atoms with Gasteiger partial charge in [0.2, 0.25) is 0 Å². The molecule has 1 aliphatic carbocycles. The minimum atomic E-state index is -5.10. The number of ether oxygens (including phenoxy) is 1. The Labute approximate surface area is 194 Å². The highest BCUT2D eigenvalue weighted by molar-refractivity contribution is 5.92. The second-order valence-corrected chi connectivity index (χ2v) is 8.29. The van der Waals surface area contributed by atoms with Gasteiger partial charge in [-0.05, 0) is 50.3 Å². The van der Waals surface area contributed by atoms with Gasteiger partial charge in [0, 0.05) is 23.2 Å². The quantitative estimate of drug-likeness (QED) is 0.394. The van der Waals surface area contributed by atoms with Crippen molar-refractivity contribution in [2.75, 3.05) is 17.2 Å². The highest BCUT2D eigenvalue weighted by atomic mass is 19.4. The van der Waals surface area contributed by atoms with Gasteiger partial charge in [0.1, 0.15) is 17.8 Å². The summed E-state index contributed by atoms with van der Waals surface area (Å²) in [5, 5.41) is 22.8. The molecule has 0 spiro atoms. The Hall–Kier alpha value is -3.29. The highest BCUT2D eigenvalue weighted by Gasteiger charge is 2.33. The van der Waals surface area contributed by atoms with Crippen molar-refractivity contribution in [3.8, 4) is 17.3 Å². The molecule has 8 nitrogen and oxygen atoms in total. The van der Waals surface area contributed by atoms with E-state index in [2.05, 4.69) is 30.6 Å². The van der Waals surface area contributed by atoms with E-state index in [-0.39, 0.29) is 40.2 Å². The van der Waals surface area contributed by atoms with Gasteiger partial charge in [-0.3, -0.25) is 0 Å². The van der Waals surface area contributed by atoms with Gasteiger partial charge < -0.3 is 24.9 Å². The lowest BCUT2D eigenvalue weighted by molar-refractivity contribution is -0.274. The summed E-state index contributed by atoms with van der Waals surface area (Å²) in [7, 11) is 0. The van der Waals surface area contributed by atoms with Crippen LogP contribution in [0.5, 0.6) is 5.75 Å². The van der Waals surface area contributed by atoms with Crippen LogP contribution in [0.15, 0.2) is 22.6 Å². The van der Waals surface area contributed by atoms with Crippen LogP contribution in [-0.4, -0.2) is 51.5 Å². The van der Waals surface area contributed by atoms with Crippen LogP contribution >= 0.6 is 0 Å². The zero-order valence-corrected chi connectivity index (χ0v) is 18.3. The summed E-state index contributed by atoms with van der Waals surface area (Å²) in [6.45, 7) is 0.113. The first-order chi connectivity index (χ1) is 16.4. The molecule has 1 saturated carbocycles. The molecule has 1 fully saturated rings. The zero-order chi connectivity index (χ0) is 25.4. The number of fused-ring (bicyclic) bond motifs is 1. The number of benzene rings is 1. The Kier molecular flexibility index (Phi) is 6.66. The monoisotopic (exact) mass is 505 g/mol. The Morgan fingerprint density at radius 1 is 1.11 bits per heavy atom. The number of alkyl halides is 6. The molecule has 0 amide bonds. The van der Waals surface area contributed by atoms with Crippen LogP contribution in [0.4, 0.5) is 38.0 Å². The van der Waals surface area contributed by atoms with Crippen LogP contribution in [0.3, 0.4) is 0 Å². The van der Waals surface area contributed by atoms with Crippen LogP contribution in [0, 0.1) is 6.92 Å². The number of aliphatic hydroxyl groups excluding tert-OH is 1. The summed E-state index contributed by atoms with van der Waals surface area (Å²) in [5.74, 6) is -0.857. The van der Waals surface area contributed by atoms with Gasteiger partial charge in [0.15, 0.2) is 5.75 Å². The highest BCUT2D eigenvalue weighted by Crippen LogP contribution is 2.36. The molecule has 2 heterocycles. The number of rotatable bonds is 6. The van der Waals surface area contributed by atoms with Crippen LogP contribution < -0.4 is 15.4 Å². The minimum Gasteiger partial charge on any atom is -0.403 e. The number of hydrogen-bond donors (Lipinski definition) is 3. The Balaban J connectivity index is 1.67. The Morgan fingerprint density at radius 2 is 1.89 bits per heavy atom. The van der Waals surface area contributed by atoms with E-state index in [1.165, 1.54) is 12.1 Å². The van der Waals surface area contributed by atoms with Crippen LogP contribution in [0.1, 0.15) is 31.2 Å². The van der Waals surface area contributed by atoms with Gasteiger partial charge in [-0.15, -0.1) is 18.3 Å². The van der Waals surface area contributed by atoms with Crippen molar-refractivity contribution in [1.82, 2.24) is 15.2 Å². The number of aliphatic hydroxyl groups is 1. The molecule has 35 heavy (non-hydrogen) atoms.